The molecule has 0 bridgehead atoms. The number of aldehydes is 1. The maximum atomic E-state index is 13.4. The number of aliphatic imine (C=N–C) groups is 1. The van der Waals surface area contributed by atoms with Crippen molar-refractivity contribution in [2.24, 2.45) is 21.9 Å². The number of hydrazone groups is 1. The van der Waals surface area contributed by atoms with E-state index in [1.165, 1.54) is 55.0 Å². The van der Waals surface area contributed by atoms with Gasteiger partial charge in [-0.1, -0.05) is 91.1 Å². The molecule has 3 fully saturated rings. The third-order valence-corrected chi connectivity index (χ3v) is 14.0. The van der Waals surface area contributed by atoms with Crippen molar-refractivity contribution in [3.63, 3.8) is 0 Å². The minimum atomic E-state index is -0.832. The number of nitrogens with zero attached hydrogens (tertiary/aromatic N) is 7. The Bertz CT molecular complexity index is 2590. The monoisotopic (exact) mass is 1030 g/mol. The molecule has 0 spiro atoms. The predicted octanol–water partition coefficient (Wildman–Crippen LogP) is 9.03. The molecule has 3 saturated heterocycles. The molecule has 5 N–H and O–H groups in total. The Balaban J connectivity index is 0.00000120. The number of aromatic nitrogens is 1. The first-order valence-electron chi connectivity index (χ1n) is 27.0. The van der Waals surface area contributed by atoms with Gasteiger partial charge in [0.2, 0.25) is 18.3 Å². The van der Waals surface area contributed by atoms with Crippen LogP contribution in [0.5, 0.6) is 0 Å². The standard InChI is InChI=1S/C51H65N11O5.C5H11N.C2H6/c1-8-12-36(20-22-53-40-16-18-44(39(28-40)32-63)49(66)59(7)45(13-9-2)48(65)56-33-64)31-60-24-26-61(27-25-60)41-17-19-43-37(29-41)21-23-54-46(43)42-15-11-10-14-38(42)30-55-50-58-51(67)57-47(62(50)52-6)35(5)34(3)4;1-2-4-6-5-3-1;1-2/h10-11,14-19,21,23,28-29,32-34,36,45,53H,6,8-9,12-13,20,22,24-27,30-31H2,1-5,7H3,(H,56,64,65)(H2,55,57,58,67);6H,1-5H2;1-2H3/b47-35+;;. The molecule has 404 valence electrons. The van der Waals surface area contributed by atoms with Crippen LogP contribution in [-0.4, -0.2) is 128 Å². The van der Waals surface area contributed by atoms with E-state index < -0.39 is 17.9 Å². The topological polar surface area (TPSA) is 196 Å². The molecule has 1 aromatic heterocycles. The summed E-state index contributed by atoms with van der Waals surface area (Å²) in [5.41, 5.74) is 6.11. The van der Waals surface area contributed by atoms with Gasteiger partial charge >= 0.3 is 6.03 Å². The summed E-state index contributed by atoms with van der Waals surface area (Å²) in [5.74, 6) is 0.509. The Hall–Kier alpha value is -6.98. The number of nitrogens with one attached hydrogen (secondary N) is 5. The second-order valence-corrected chi connectivity index (χ2v) is 19.3. The van der Waals surface area contributed by atoms with E-state index in [0.29, 0.717) is 49.8 Å². The van der Waals surface area contributed by atoms with Gasteiger partial charge in [0.15, 0.2) is 6.29 Å². The number of piperazine rings is 1. The number of carbonyl (C=O) groups excluding carboxylic acids is 5. The number of amides is 5. The summed E-state index contributed by atoms with van der Waals surface area (Å²) in [6.07, 6.45) is 11.2. The van der Waals surface area contributed by atoms with E-state index in [1.54, 1.807) is 18.2 Å². The molecule has 4 heterocycles. The summed E-state index contributed by atoms with van der Waals surface area (Å²) < 4.78 is 0. The summed E-state index contributed by atoms with van der Waals surface area (Å²) in [5, 5.41) is 22.4. The maximum absolute atomic E-state index is 13.4. The van der Waals surface area contributed by atoms with Crippen molar-refractivity contribution in [3.05, 3.63) is 101 Å². The quantitative estimate of drug-likeness (QED) is 0.0395. The van der Waals surface area contributed by atoms with Crippen LogP contribution < -0.4 is 31.5 Å². The molecule has 4 aromatic rings. The molecule has 17 heteroatoms. The zero-order chi connectivity index (χ0) is 54.3. The van der Waals surface area contributed by atoms with Gasteiger partial charge in [-0.05, 0) is 117 Å². The Morgan fingerprint density at radius 3 is 2.28 bits per heavy atom. The lowest BCUT2D eigenvalue weighted by Crippen LogP contribution is -2.55. The summed E-state index contributed by atoms with van der Waals surface area (Å²) in [7, 11) is 1.51. The van der Waals surface area contributed by atoms with Crippen molar-refractivity contribution in [3.8, 4) is 11.3 Å². The van der Waals surface area contributed by atoms with E-state index in [-0.39, 0.29) is 29.6 Å². The number of anilines is 2. The van der Waals surface area contributed by atoms with Gasteiger partial charge in [0.25, 0.3) is 5.91 Å². The number of urea groups is 1. The Morgan fingerprint density at radius 1 is 0.907 bits per heavy atom. The SMILES string of the molecule is C1CCNCC1.C=NN1C(=NCc2ccccc2-c2nccc3cc(N4CCN(CC(CCC)CCNc5ccc(C(=O)N(C)C(CCC)C(=O)NC=O)c(C=O)c5)CC4)ccc23)NC(=O)N/C1=C(/C)C(C)C.CC. The first-order valence-corrected chi connectivity index (χ1v) is 27.0. The average Bonchev–Trinajstić information content (AvgIpc) is 3.44. The first-order chi connectivity index (χ1) is 36.4. The van der Waals surface area contributed by atoms with Crippen LogP contribution >= 0.6 is 0 Å². The Kier molecular flexibility index (Phi) is 23.9. The summed E-state index contributed by atoms with van der Waals surface area (Å²) >= 11 is 0. The molecule has 0 radical (unpaired) electrons. The highest BCUT2D eigenvalue weighted by Gasteiger charge is 2.30. The number of allylic oxidation sites excluding steroid dienone is 1. The fourth-order valence-corrected chi connectivity index (χ4v) is 9.60. The molecule has 0 saturated carbocycles. The van der Waals surface area contributed by atoms with Gasteiger partial charge in [-0.25, -0.2) is 9.79 Å². The number of guanidine groups is 1. The van der Waals surface area contributed by atoms with Crippen LogP contribution in [0.4, 0.5) is 16.2 Å². The molecule has 2 unspecified atom stereocenters. The molecule has 17 nitrogen and oxygen atoms in total. The van der Waals surface area contributed by atoms with Crippen LogP contribution in [0.2, 0.25) is 0 Å². The highest BCUT2D eigenvalue weighted by molar-refractivity contribution is 6.04. The van der Waals surface area contributed by atoms with E-state index >= 15 is 0 Å². The minimum Gasteiger partial charge on any atom is -0.385 e. The van der Waals surface area contributed by atoms with Crippen molar-refractivity contribution in [1.29, 1.82) is 0 Å². The highest BCUT2D eigenvalue weighted by Crippen LogP contribution is 2.33. The number of pyridine rings is 1. The number of benzene rings is 3. The molecule has 75 heavy (non-hydrogen) atoms. The molecular weight excluding hydrogens is 945 g/mol. The lowest BCUT2D eigenvalue weighted by molar-refractivity contribution is -0.128. The second kappa shape index (κ2) is 30.4. The smallest absolute Gasteiger partial charge is 0.327 e. The lowest BCUT2D eigenvalue weighted by atomic mass is 9.98. The fourth-order valence-electron chi connectivity index (χ4n) is 9.60. The Morgan fingerprint density at radius 2 is 1.64 bits per heavy atom. The van der Waals surface area contributed by atoms with Crippen molar-refractivity contribution in [1.82, 2.24) is 41.1 Å². The van der Waals surface area contributed by atoms with E-state index in [1.807, 2.05) is 52.1 Å². The molecule has 3 aliphatic heterocycles. The molecule has 5 amide bonds. The van der Waals surface area contributed by atoms with E-state index in [2.05, 4.69) is 99.3 Å². The second-order valence-electron chi connectivity index (χ2n) is 19.3. The number of hydrogen-bond acceptors (Lipinski definition) is 12. The summed E-state index contributed by atoms with van der Waals surface area (Å²) in [6.45, 7) is 26.1. The molecule has 3 aliphatic rings. The van der Waals surface area contributed by atoms with Gasteiger partial charge in [0.05, 0.1) is 17.8 Å². The average molecular weight is 1030 g/mol. The van der Waals surface area contributed by atoms with Gasteiger partial charge in [0, 0.05) is 87.1 Å². The molecule has 2 atom stereocenters. The van der Waals surface area contributed by atoms with E-state index in [4.69, 9.17) is 9.98 Å². The number of rotatable bonds is 21. The van der Waals surface area contributed by atoms with Crippen LogP contribution in [0, 0.1) is 11.8 Å². The Labute approximate surface area is 445 Å². The normalized spacial score (nSPS) is 16.8. The van der Waals surface area contributed by atoms with E-state index in [0.717, 1.165) is 90.8 Å². The number of imide groups is 1. The van der Waals surface area contributed by atoms with Crippen LogP contribution in [0.25, 0.3) is 22.0 Å². The fraction of sp³-hybridized carbons (Fsp3) is 0.483. The number of piperidine rings is 1. The lowest BCUT2D eigenvalue weighted by Gasteiger charge is -2.38. The van der Waals surface area contributed by atoms with Crippen LogP contribution in [0.15, 0.2) is 94.4 Å². The summed E-state index contributed by atoms with van der Waals surface area (Å²) in [6, 6.07) is 20.6. The van der Waals surface area contributed by atoms with Crippen LogP contribution in [-0.2, 0) is 16.1 Å². The number of hydrogen-bond donors (Lipinski definition) is 5. The predicted molar refractivity (Wildman–Crippen MR) is 304 cm³/mol. The van der Waals surface area contributed by atoms with Crippen molar-refractivity contribution in [2.45, 2.75) is 112 Å². The van der Waals surface area contributed by atoms with Gasteiger partial charge in [0.1, 0.15) is 11.9 Å². The molecule has 7 rings (SSSR count). The number of carbonyl (C=O) groups is 5. The van der Waals surface area contributed by atoms with E-state index in [9.17, 15) is 24.0 Å². The minimum absolute atomic E-state index is 0.183. The third kappa shape index (κ3) is 16.3. The zero-order valence-electron chi connectivity index (χ0n) is 45.7. The van der Waals surface area contributed by atoms with Gasteiger partial charge in [-0.3, -0.25) is 45.0 Å². The van der Waals surface area contributed by atoms with Gasteiger partial charge in [-0.15, -0.1) is 0 Å². The van der Waals surface area contributed by atoms with Crippen molar-refractivity contribution >= 4 is 65.4 Å². The maximum Gasteiger partial charge on any atom is 0.327 e. The molecule has 3 aromatic carbocycles. The highest BCUT2D eigenvalue weighted by atomic mass is 16.2. The molecule has 0 aliphatic carbocycles. The van der Waals surface area contributed by atoms with Crippen molar-refractivity contribution in [2.75, 3.05) is 69.6 Å². The first kappa shape index (κ1) is 58.9. The van der Waals surface area contributed by atoms with Gasteiger partial charge in [-0.2, -0.15) is 10.1 Å². The number of likely N-dealkylation sites (N-methyl/N-ethyl adjacent to an activating group) is 1. The van der Waals surface area contributed by atoms with Crippen LogP contribution in [0.3, 0.4) is 0 Å². The van der Waals surface area contributed by atoms with Crippen molar-refractivity contribution < 1.29 is 24.0 Å². The van der Waals surface area contributed by atoms with Gasteiger partial charge < -0.3 is 20.4 Å². The third-order valence-electron chi connectivity index (χ3n) is 14.0. The van der Waals surface area contributed by atoms with Crippen LogP contribution in [0.1, 0.15) is 126 Å². The largest absolute Gasteiger partial charge is 0.385 e. The number of fused-ring (bicyclic) bond motifs is 1. The summed E-state index contributed by atoms with van der Waals surface area (Å²) in [4.78, 5) is 77.6. The molecular formula is C58H82N12O5. The zero-order valence-corrected chi connectivity index (χ0v) is 45.7.